The van der Waals surface area contributed by atoms with E-state index in [0.29, 0.717) is 12.2 Å². The van der Waals surface area contributed by atoms with Crippen molar-refractivity contribution in [3.63, 3.8) is 0 Å². The molecule has 0 aliphatic heterocycles. The van der Waals surface area contributed by atoms with E-state index < -0.39 is 17.5 Å². The highest BCUT2D eigenvalue weighted by molar-refractivity contribution is 6.39. The fraction of sp³-hybridized carbons (Fsp3) is 0.125. The lowest BCUT2D eigenvalue weighted by molar-refractivity contribution is -0.149. The Morgan fingerprint density at radius 2 is 1.95 bits per heavy atom. The van der Waals surface area contributed by atoms with Gasteiger partial charge in [-0.2, -0.15) is 0 Å². The van der Waals surface area contributed by atoms with E-state index in [-0.39, 0.29) is 11.4 Å². The van der Waals surface area contributed by atoms with Gasteiger partial charge in [-0.1, -0.05) is 12.1 Å². The van der Waals surface area contributed by atoms with E-state index in [4.69, 9.17) is 4.42 Å². The van der Waals surface area contributed by atoms with Crippen molar-refractivity contribution in [3.05, 3.63) is 65.4 Å². The first-order valence-electron chi connectivity index (χ1n) is 6.35. The van der Waals surface area contributed by atoms with Crippen LogP contribution in [0.2, 0.25) is 0 Å². The van der Waals surface area contributed by atoms with Crippen molar-refractivity contribution in [2.24, 2.45) is 0 Å². The summed E-state index contributed by atoms with van der Waals surface area (Å²) in [4.78, 5) is 22.4. The zero-order valence-corrected chi connectivity index (χ0v) is 11.7. The highest BCUT2D eigenvalue weighted by atomic mass is 19.1. The maximum absolute atomic E-state index is 12.9. The quantitative estimate of drug-likeness (QED) is 0.398. The SMILES string of the molecule is COC(=O)C(=O)/C=C(\O)c1ccoc1Cc1ccc(F)cc1. The molecule has 0 aliphatic carbocycles. The van der Waals surface area contributed by atoms with Crippen molar-refractivity contribution in [1.29, 1.82) is 0 Å². The first-order chi connectivity index (χ1) is 10.5. The highest BCUT2D eigenvalue weighted by Gasteiger charge is 2.16. The standard InChI is InChI=1S/C16H13FO5/c1-21-16(20)14(19)9-13(18)12-6-7-22-15(12)8-10-2-4-11(17)5-3-10/h2-7,9,18H,8H2,1H3/b13-9-. The minimum atomic E-state index is -1.07. The first-order valence-corrected chi connectivity index (χ1v) is 6.35. The molecule has 0 spiro atoms. The maximum Gasteiger partial charge on any atom is 0.378 e. The van der Waals surface area contributed by atoms with Crippen LogP contribution in [0, 0.1) is 5.82 Å². The average molecular weight is 304 g/mol. The van der Waals surface area contributed by atoms with Gasteiger partial charge in [-0.05, 0) is 23.8 Å². The summed E-state index contributed by atoms with van der Waals surface area (Å²) < 4.78 is 22.4. The van der Waals surface area contributed by atoms with Gasteiger partial charge in [0.2, 0.25) is 0 Å². The van der Waals surface area contributed by atoms with Crippen LogP contribution in [0.5, 0.6) is 0 Å². The molecule has 2 rings (SSSR count). The number of hydrogen-bond acceptors (Lipinski definition) is 5. The third-order valence-electron chi connectivity index (χ3n) is 2.95. The predicted octanol–water partition coefficient (Wildman–Crippen LogP) is 2.65. The number of carbonyl (C=O) groups is 2. The van der Waals surface area contributed by atoms with Crippen LogP contribution in [0.1, 0.15) is 16.9 Å². The molecule has 0 aliphatic rings. The van der Waals surface area contributed by atoms with Gasteiger partial charge in [0.1, 0.15) is 17.3 Å². The van der Waals surface area contributed by atoms with Crippen LogP contribution in [0.4, 0.5) is 4.39 Å². The van der Waals surface area contributed by atoms with Gasteiger partial charge in [0.15, 0.2) is 0 Å². The lowest BCUT2D eigenvalue weighted by atomic mass is 10.1. The first kappa shape index (κ1) is 15.5. The molecular weight excluding hydrogens is 291 g/mol. The van der Waals surface area contributed by atoms with Crippen molar-refractivity contribution in [2.75, 3.05) is 7.11 Å². The van der Waals surface area contributed by atoms with Crippen LogP contribution < -0.4 is 0 Å². The molecule has 1 aromatic carbocycles. The van der Waals surface area contributed by atoms with Crippen molar-refractivity contribution in [2.45, 2.75) is 6.42 Å². The molecule has 1 heterocycles. The lowest BCUT2D eigenvalue weighted by Crippen LogP contribution is -2.13. The zero-order valence-electron chi connectivity index (χ0n) is 11.7. The largest absolute Gasteiger partial charge is 0.507 e. The van der Waals surface area contributed by atoms with E-state index in [9.17, 15) is 19.1 Å². The molecule has 0 amide bonds. The number of esters is 1. The van der Waals surface area contributed by atoms with Gasteiger partial charge < -0.3 is 14.3 Å². The molecule has 6 heteroatoms. The monoisotopic (exact) mass is 304 g/mol. The van der Waals surface area contributed by atoms with Gasteiger partial charge in [0.05, 0.1) is 18.9 Å². The van der Waals surface area contributed by atoms with Crippen molar-refractivity contribution in [1.82, 2.24) is 0 Å². The Morgan fingerprint density at radius 1 is 1.27 bits per heavy atom. The second kappa shape index (κ2) is 6.71. The van der Waals surface area contributed by atoms with Crippen LogP contribution in [0.3, 0.4) is 0 Å². The van der Waals surface area contributed by atoms with E-state index in [1.165, 1.54) is 24.5 Å². The summed E-state index contributed by atoms with van der Waals surface area (Å²) in [6.07, 6.45) is 2.42. The molecule has 0 unspecified atom stereocenters. The van der Waals surface area contributed by atoms with Crippen molar-refractivity contribution < 1.29 is 28.2 Å². The number of halogens is 1. The zero-order chi connectivity index (χ0) is 16.1. The van der Waals surface area contributed by atoms with Crippen LogP contribution in [-0.2, 0) is 20.7 Å². The van der Waals surface area contributed by atoms with Gasteiger partial charge in [-0.25, -0.2) is 9.18 Å². The Balaban J connectivity index is 2.22. The fourth-order valence-electron chi connectivity index (χ4n) is 1.85. The van der Waals surface area contributed by atoms with E-state index >= 15 is 0 Å². The molecule has 1 aromatic heterocycles. The smallest absolute Gasteiger partial charge is 0.378 e. The summed E-state index contributed by atoms with van der Waals surface area (Å²) in [5, 5.41) is 9.94. The Kier molecular flexibility index (Phi) is 4.73. The van der Waals surface area contributed by atoms with Crippen molar-refractivity contribution >= 4 is 17.5 Å². The number of carbonyl (C=O) groups excluding carboxylic acids is 2. The summed E-state index contributed by atoms with van der Waals surface area (Å²) in [6.45, 7) is 0. The number of methoxy groups -OCH3 is 1. The molecule has 22 heavy (non-hydrogen) atoms. The molecule has 0 fully saturated rings. The van der Waals surface area contributed by atoms with E-state index in [0.717, 1.165) is 18.7 Å². The van der Waals surface area contributed by atoms with Gasteiger partial charge in [-0.15, -0.1) is 0 Å². The van der Waals surface area contributed by atoms with Gasteiger partial charge in [0.25, 0.3) is 5.78 Å². The number of aliphatic hydroxyl groups excluding tert-OH is 1. The summed E-state index contributed by atoms with van der Waals surface area (Å²) in [7, 11) is 1.07. The van der Waals surface area contributed by atoms with Gasteiger partial charge in [-0.3, -0.25) is 4.79 Å². The molecule has 0 atom stereocenters. The molecule has 0 bridgehead atoms. The van der Waals surface area contributed by atoms with E-state index in [1.807, 2.05) is 0 Å². The number of furan rings is 1. The maximum atomic E-state index is 12.9. The van der Waals surface area contributed by atoms with E-state index in [2.05, 4.69) is 4.74 Å². The van der Waals surface area contributed by atoms with E-state index in [1.54, 1.807) is 12.1 Å². The molecule has 1 N–H and O–H groups in total. The van der Waals surface area contributed by atoms with Gasteiger partial charge in [0, 0.05) is 12.5 Å². The summed E-state index contributed by atoms with van der Waals surface area (Å²) in [5.74, 6) is -2.42. The second-order valence-electron chi connectivity index (χ2n) is 4.45. The van der Waals surface area contributed by atoms with Crippen LogP contribution >= 0.6 is 0 Å². The third kappa shape index (κ3) is 3.60. The normalized spacial score (nSPS) is 11.3. The molecule has 114 valence electrons. The minimum absolute atomic E-state index is 0.279. The summed E-state index contributed by atoms with van der Waals surface area (Å²) >= 11 is 0. The average Bonchev–Trinajstić information content (AvgIpc) is 2.96. The number of ether oxygens (including phenoxy) is 1. The number of rotatable bonds is 5. The Morgan fingerprint density at radius 3 is 2.59 bits per heavy atom. The van der Waals surface area contributed by atoms with Crippen LogP contribution in [-0.4, -0.2) is 24.0 Å². The molecule has 0 radical (unpaired) electrons. The summed E-state index contributed by atoms with van der Waals surface area (Å²) in [6, 6.07) is 7.27. The predicted molar refractivity (Wildman–Crippen MR) is 75.5 cm³/mol. The topological polar surface area (TPSA) is 76.7 Å². The molecule has 2 aromatic rings. The third-order valence-corrected chi connectivity index (χ3v) is 2.95. The van der Waals surface area contributed by atoms with Gasteiger partial charge >= 0.3 is 5.97 Å². The Labute approximate surface area is 125 Å². The van der Waals surface area contributed by atoms with Crippen LogP contribution in [0.25, 0.3) is 5.76 Å². The number of aliphatic hydroxyl groups is 1. The highest BCUT2D eigenvalue weighted by Crippen LogP contribution is 2.22. The number of benzene rings is 1. The molecule has 5 nitrogen and oxygen atoms in total. The number of hydrogen-bond donors (Lipinski definition) is 1. The molecule has 0 saturated heterocycles. The Bertz CT molecular complexity index is 712. The lowest BCUT2D eigenvalue weighted by Gasteiger charge is -2.03. The van der Waals surface area contributed by atoms with Crippen LogP contribution in [0.15, 0.2) is 47.1 Å². The molecule has 0 saturated carbocycles. The number of ketones is 1. The summed E-state index contributed by atoms with van der Waals surface area (Å²) in [5.41, 5.74) is 1.05. The molecular formula is C16H13FO5. The minimum Gasteiger partial charge on any atom is -0.507 e. The fourth-order valence-corrected chi connectivity index (χ4v) is 1.85. The van der Waals surface area contributed by atoms with Crippen molar-refractivity contribution in [3.8, 4) is 0 Å². The second-order valence-corrected chi connectivity index (χ2v) is 4.45. The Hall–Kier alpha value is -2.89.